The van der Waals surface area contributed by atoms with Gasteiger partial charge in [-0.1, -0.05) is 0 Å². The summed E-state index contributed by atoms with van der Waals surface area (Å²) in [4.78, 5) is 12.3. The lowest BCUT2D eigenvalue weighted by Crippen LogP contribution is -2.18. The highest BCUT2D eigenvalue weighted by Crippen LogP contribution is 2.27. The zero-order valence-corrected chi connectivity index (χ0v) is 9.98. The molecule has 0 aliphatic rings. The molecule has 0 aromatic heterocycles. The van der Waals surface area contributed by atoms with Crippen LogP contribution < -0.4 is 10.6 Å². The molecule has 0 saturated heterocycles. The molecule has 1 aromatic rings. The third-order valence-corrected chi connectivity index (χ3v) is 2.54. The molecule has 0 aliphatic carbocycles. The van der Waals surface area contributed by atoms with Crippen LogP contribution in [0.15, 0.2) is 18.2 Å². The Hall–Kier alpha value is -1.62. The predicted octanol–water partition coefficient (Wildman–Crippen LogP) is 1.76. The van der Waals surface area contributed by atoms with Gasteiger partial charge in [0, 0.05) is 32.2 Å². The van der Waals surface area contributed by atoms with Crippen molar-refractivity contribution in [3.8, 4) is 0 Å². The summed E-state index contributed by atoms with van der Waals surface area (Å²) in [6.45, 7) is 0. The largest absolute Gasteiger partial charge is 0.481 e. The van der Waals surface area contributed by atoms with Crippen LogP contribution in [0.25, 0.3) is 0 Å². The minimum atomic E-state index is -0.900. The average Bonchev–Trinajstić information content (AvgIpc) is 2.25. The van der Waals surface area contributed by atoms with Crippen molar-refractivity contribution < 1.29 is 14.3 Å². The number of carboxylic acids is 1. The van der Waals surface area contributed by atoms with E-state index < -0.39 is 12.0 Å². The number of nitrogens with two attached hydrogens (primary N) is 1. The highest BCUT2D eigenvalue weighted by atomic mass is 19.1. The second-order valence-electron chi connectivity index (χ2n) is 4.14. The topological polar surface area (TPSA) is 66.6 Å². The zero-order chi connectivity index (χ0) is 13.0. The molecule has 0 aliphatic heterocycles. The second kappa shape index (κ2) is 5.63. The minimum absolute atomic E-state index is 0.0233. The van der Waals surface area contributed by atoms with Gasteiger partial charge in [-0.2, -0.15) is 0 Å². The molecule has 0 amide bonds. The molecule has 0 bridgehead atoms. The molecule has 0 fully saturated rings. The standard InChI is InChI=1S/C12H17FN2O2/c1-15(2)11-5-3-8(13)7-9(11)10(14)4-6-12(16)17/h3,5,7,10H,4,6,14H2,1-2H3,(H,16,17). The van der Waals surface area contributed by atoms with Crippen LogP contribution in [-0.4, -0.2) is 25.2 Å². The molecule has 5 heteroatoms. The summed E-state index contributed by atoms with van der Waals surface area (Å²) in [5.41, 5.74) is 7.34. The fraction of sp³-hybridized carbons (Fsp3) is 0.417. The Bertz CT molecular complexity index is 407. The van der Waals surface area contributed by atoms with Crippen molar-refractivity contribution in [1.82, 2.24) is 0 Å². The number of benzene rings is 1. The molecular weight excluding hydrogens is 223 g/mol. The molecule has 0 radical (unpaired) electrons. The van der Waals surface area contributed by atoms with Gasteiger partial charge in [-0.15, -0.1) is 0 Å². The van der Waals surface area contributed by atoms with Crippen molar-refractivity contribution in [2.75, 3.05) is 19.0 Å². The Labute approximate surface area is 99.8 Å². The second-order valence-corrected chi connectivity index (χ2v) is 4.14. The number of halogens is 1. The van der Waals surface area contributed by atoms with Crippen LogP contribution in [0.2, 0.25) is 0 Å². The number of nitrogens with zero attached hydrogens (tertiary/aromatic N) is 1. The maximum Gasteiger partial charge on any atom is 0.303 e. The van der Waals surface area contributed by atoms with Crippen LogP contribution in [-0.2, 0) is 4.79 Å². The van der Waals surface area contributed by atoms with E-state index in [1.807, 2.05) is 19.0 Å². The first-order valence-electron chi connectivity index (χ1n) is 5.36. The number of rotatable bonds is 5. The first kappa shape index (κ1) is 13.4. The lowest BCUT2D eigenvalue weighted by atomic mass is 10.0. The van der Waals surface area contributed by atoms with E-state index in [0.29, 0.717) is 12.0 Å². The number of aliphatic carboxylic acids is 1. The van der Waals surface area contributed by atoms with E-state index in [9.17, 15) is 9.18 Å². The van der Waals surface area contributed by atoms with Crippen LogP contribution in [0.1, 0.15) is 24.4 Å². The van der Waals surface area contributed by atoms with Gasteiger partial charge in [0.1, 0.15) is 5.82 Å². The van der Waals surface area contributed by atoms with Gasteiger partial charge in [-0.3, -0.25) is 4.79 Å². The number of hydrogen-bond acceptors (Lipinski definition) is 3. The molecule has 0 spiro atoms. The van der Waals surface area contributed by atoms with Crippen LogP contribution in [0, 0.1) is 5.82 Å². The van der Waals surface area contributed by atoms with Gasteiger partial charge >= 0.3 is 5.97 Å². The summed E-state index contributed by atoms with van der Waals surface area (Å²) in [6, 6.07) is 3.90. The van der Waals surface area contributed by atoms with Crippen LogP contribution in [0.3, 0.4) is 0 Å². The summed E-state index contributed by atoms with van der Waals surface area (Å²) in [5.74, 6) is -1.26. The van der Waals surface area contributed by atoms with Gasteiger partial charge in [0.2, 0.25) is 0 Å². The molecule has 1 atom stereocenters. The van der Waals surface area contributed by atoms with Crippen molar-refractivity contribution in [2.45, 2.75) is 18.9 Å². The van der Waals surface area contributed by atoms with Crippen LogP contribution in [0.5, 0.6) is 0 Å². The van der Waals surface area contributed by atoms with E-state index in [4.69, 9.17) is 10.8 Å². The SMILES string of the molecule is CN(C)c1ccc(F)cc1C(N)CCC(=O)O. The van der Waals surface area contributed by atoms with E-state index in [0.717, 1.165) is 5.69 Å². The number of anilines is 1. The van der Waals surface area contributed by atoms with Crippen molar-refractivity contribution in [1.29, 1.82) is 0 Å². The molecule has 4 nitrogen and oxygen atoms in total. The summed E-state index contributed by atoms with van der Waals surface area (Å²) >= 11 is 0. The molecular formula is C12H17FN2O2. The van der Waals surface area contributed by atoms with Gasteiger partial charge < -0.3 is 15.7 Å². The predicted molar refractivity (Wildman–Crippen MR) is 64.5 cm³/mol. The maximum absolute atomic E-state index is 13.2. The fourth-order valence-corrected chi connectivity index (χ4v) is 1.66. The third kappa shape index (κ3) is 3.71. The summed E-state index contributed by atoms with van der Waals surface area (Å²) in [5, 5.41) is 8.60. The third-order valence-electron chi connectivity index (χ3n) is 2.54. The molecule has 0 saturated carbocycles. The molecule has 0 heterocycles. The first-order chi connectivity index (χ1) is 7.91. The van der Waals surface area contributed by atoms with Gasteiger partial charge in [-0.05, 0) is 30.2 Å². The van der Waals surface area contributed by atoms with Crippen molar-refractivity contribution in [3.63, 3.8) is 0 Å². The minimum Gasteiger partial charge on any atom is -0.481 e. The Kier molecular flexibility index (Phi) is 4.45. The summed E-state index contributed by atoms with van der Waals surface area (Å²) in [7, 11) is 3.67. The maximum atomic E-state index is 13.2. The Morgan fingerprint density at radius 1 is 1.53 bits per heavy atom. The van der Waals surface area contributed by atoms with E-state index in [2.05, 4.69) is 0 Å². The monoisotopic (exact) mass is 240 g/mol. The lowest BCUT2D eigenvalue weighted by molar-refractivity contribution is -0.137. The number of carboxylic acid groups (broad SMARTS) is 1. The van der Waals surface area contributed by atoms with Gasteiger partial charge in [0.25, 0.3) is 0 Å². The quantitative estimate of drug-likeness (QED) is 0.823. The van der Waals surface area contributed by atoms with Crippen molar-refractivity contribution >= 4 is 11.7 Å². The molecule has 3 N–H and O–H groups in total. The zero-order valence-electron chi connectivity index (χ0n) is 9.98. The van der Waals surface area contributed by atoms with E-state index in [1.54, 1.807) is 6.07 Å². The molecule has 1 unspecified atom stereocenters. The van der Waals surface area contributed by atoms with Crippen molar-refractivity contribution in [2.24, 2.45) is 5.73 Å². The van der Waals surface area contributed by atoms with Crippen LogP contribution >= 0.6 is 0 Å². The Morgan fingerprint density at radius 3 is 2.71 bits per heavy atom. The van der Waals surface area contributed by atoms with Crippen molar-refractivity contribution in [3.05, 3.63) is 29.6 Å². The van der Waals surface area contributed by atoms with Crippen LogP contribution in [0.4, 0.5) is 10.1 Å². The number of hydrogen-bond donors (Lipinski definition) is 2. The van der Waals surface area contributed by atoms with E-state index in [-0.39, 0.29) is 12.2 Å². The molecule has 94 valence electrons. The number of carbonyl (C=O) groups is 1. The van der Waals surface area contributed by atoms with E-state index in [1.165, 1.54) is 12.1 Å². The summed E-state index contributed by atoms with van der Waals surface area (Å²) in [6.07, 6.45) is 0.268. The summed E-state index contributed by atoms with van der Waals surface area (Å²) < 4.78 is 13.2. The normalized spacial score (nSPS) is 12.2. The highest BCUT2D eigenvalue weighted by Gasteiger charge is 2.14. The molecule has 1 aromatic carbocycles. The first-order valence-corrected chi connectivity index (χ1v) is 5.36. The fourth-order valence-electron chi connectivity index (χ4n) is 1.66. The molecule has 17 heavy (non-hydrogen) atoms. The van der Waals surface area contributed by atoms with Gasteiger partial charge in [0.15, 0.2) is 0 Å². The van der Waals surface area contributed by atoms with Gasteiger partial charge in [0.05, 0.1) is 0 Å². The molecule has 1 rings (SSSR count). The average molecular weight is 240 g/mol. The van der Waals surface area contributed by atoms with Gasteiger partial charge in [-0.25, -0.2) is 4.39 Å². The highest BCUT2D eigenvalue weighted by molar-refractivity contribution is 5.67. The lowest BCUT2D eigenvalue weighted by Gasteiger charge is -2.21. The smallest absolute Gasteiger partial charge is 0.303 e. The Balaban J connectivity index is 2.93. The van der Waals surface area contributed by atoms with E-state index >= 15 is 0 Å². The Morgan fingerprint density at radius 2 is 2.18 bits per heavy atom.